The molecule has 1 aliphatic heterocycles. The van der Waals surface area contributed by atoms with E-state index >= 15 is 0 Å². The van der Waals surface area contributed by atoms with E-state index in [1.807, 2.05) is 0 Å². The summed E-state index contributed by atoms with van der Waals surface area (Å²) in [5.41, 5.74) is 0.180. The number of likely N-dealkylation sites (tertiary alicyclic amines) is 1. The molecule has 6 heteroatoms. The number of amides is 1. The summed E-state index contributed by atoms with van der Waals surface area (Å²) in [5.74, 6) is -1.40. The number of carboxylic acids is 1. The van der Waals surface area contributed by atoms with Gasteiger partial charge < -0.3 is 10.0 Å². The van der Waals surface area contributed by atoms with Gasteiger partial charge in [0.05, 0.1) is 15.6 Å². The van der Waals surface area contributed by atoms with Crippen LogP contribution < -0.4 is 0 Å². The van der Waals surface area contributed by atoms with Crippen LogP contribution in [0.2, 0.25) is 10.0 Å². The van der Waals surface area contributed by atoms with Gasteiger partial charge in [0.25, 0.3) is 5.91 Å². The highest BCUT2D eigenvalue weighted by molar-refractivity contribution is 6.39. The van der Waals surface area contributed by atoms with Gasteiger partial charge in [-0.25, -0.2) is 4.79 Å². The summed E-state index contributed by atoms with van der Waals surface area (Å²) in [7, 11) is 0. The maximum atomic E-state index is 12.4. The van der Waals surface area contributed by atoms with Crippen molar-refractivity contribution in [1.82, 2.24) is 4.90 Å². The Bertz CT molecular complexity index is 498. The number of hydrogen-bond donors (Lipinski definition) is 1. The molecule has 0 radical (unpaired) electrons. The first-order chi connectivity index (χ1) is 9.02. The lowest BCUT2D eigenvalue weighted by molar-refractivity contribution is -0.143. The second-order valence-corrected chi connectivity index (χ2v) is 5.26. The topological polar surface area (TPSA) is 57.6 Å². The average molecular weight is 302 g/mol. The molecule has 1 aromatic rings. The van der Waals surface area contributed by atoms with Crippen LogP contribution in [0.5, 0.6) is 0 Å². The fourth-order valence-electron chi connectivity index (χ4n) is 2.28. The van der Waals surface area contributed by atoms with Crippen molar-refractivity contribution in [3.63, 3.8) is 0 Å². The molecule has 0 unspecified atom stereocenters. The maximum absolute atomic E-state index is 12.4. The van der Waals surface area contributed by atoms with Gasteiger partial charge in [-0.3, -0.25) is 4.79 Å². The highest BCUT2D eigenvalue weighted by Gasteiger charge is 2.33. The Morgan fingerprint density at radius 2 is 1.84 bits per heavy atom. The van der Waals surface area contributed by atoms with Crippen molar-refractivity contribution >= 4 is 35.1 Å². The fraction of sp³-hybridized carbons (Fsp3) is 0.385. The third-order valence-electron chi connectivity index (χ3n) is 3.23. The molecule has 1 aromatic carbocycles. The normalized spacial score (nSPS) is 19.3. The van der Waals surface area contributed by atoms with E-state index in [9.17, 15) is 14.7 Å². The van der Waals surface area contributed by atoms with E-state index in [0.717, 1.165) is 12.8 Å². The van der Waals surface area contributed by atoms with Gasteiger partial charge in [-0.2, -0.15) is 0 Å². The number of carbonyl (C=O) groups excluding carboxylic acids is 1. The first kappa shape index (κ1) is 14.2. The van der Waals surface area contributed by atoms with Crippen molar-refractivity contribution in [2.45, 2.75) is 25.3 Å². The second-order valence-electron chi connectivity index (χ2n) is 4.45. The Labute approximate surface area is 120 Å². The largest absolute Gasteiger partial charge is 0.480 e. The predicted molar refractivity (Wildman–Crippen MR) is 72.8 cm³/mol. The number of benzene rings is 1. The van der Waals surface area contributed by atoms with Crippen LogP contribution in [0.1, 0.15) is 29.6 Å². The Morgan fingerprint density at radius 3 is 2.42 bits per heavy atom. The number of carboxylic acid groups (broad SMARTS) is 1. The molecular weight excluding hydrogens is 289 g/mol. The maximum Gasteiger partial charge on any atom is 0.326 e. The number of aliphatic carboxylic acids is 1. The zero-order valence-electron chi connectivity index (χ0n) is 10.1. The summed E-state index contributed by atoms with van der Waals surface area (Å²) in [4.78, 5) is 25.0. The fourth-order valence-corrected chi connectivity index (χ4v) is 2.84. The predicted octanol–water partition coefficient (Wildman–Crippen LogP) is 3.07. The molecule has 0 aromatic heterocycles. The van der Waals surface area contributed by atoms with Crippen LogP contribution in [-0.4, -0.2) is 34.5 Å². The zero-order chi connectivity index (χ0) is 14.0. The molecule has 1 atom stereocenters. The molecule has 19 heavy (non-hydrogen) atoms. The minimum Gasteiger partial charge on any atom is -0.480 e. The van der Waals surface area contributed by atoms with E-state index in [0.29, 0.717) is 13.0 Å². The molecule has 0 saturated carbocycles. The van der Waals surface area contributed by atoms with Gasteiger partial charge in [0.2, 0.25) is 0 Å². The Hall–Kier alpha value is -1.26. The highest BCUT2D eigenvalue weighted by atomic mass is 35.5. The first-order valence-electron chi connectivity index (χ1n) is 6.00. The summed E-state index contributed by atoms with van der Waals surface area (Å²) in [6.45, 7) is 0.414. The molecule has 0 bridgehead atoms. The third kappa shape index (κ3) is 2.85. The number of nitrogens with zero attached hydrogens (tertiary/aromatic N) is 1. The monoisotopic (exact) mass is 301 g/mol. The number of rotatable bonds is 2. The molecule has 1 fully saturated rings. The summed E-state index contributed by atoms with van der Waals surface area (Å²) in [6, 6.07) is 3.99. The van der Waals surface area contributed by atoms with Gasteiger partial charge in [-0.05, 0) is 31.4 Å². The van der Waals surface area contributed by atoms with Crippen LogP contribution in [0.3, 0.4) is 0 Å². The van der Waals surface area contributed by atoms with Crippen molar-refractivity contribution in [2.24, 2.45) is 0 Å². The van der Waals surface area contributed by atoms with Crippen molar-refractivity contribution < 1.29 is 14.7 Å². The molecule has 0 spiro atoms. The molecule has 1 amide bonds. The van der Waals surface area contributed by atoms with E-state index in [1.54, 1.807) is 18.2 Å². The van der Waals surface area contributed by atoms with Gasteiger partial charge >= 0.3 is 5.97 Å². The van der Waals surface area contributed by atoms with Crippen molar-refractivity contribution in [1.29, 1.82) is 0 Å². The Morgan fingerprint density at radius 1 is 1.21 bits per heavy atom. The molecular formula is C13H13Cl2NO3. The lowest BCUT2D eigenvalue weighted by Crippen LogP contribution is -2.48. The van der Waals surface area contributed by atoms with Crippen LogP contribution >= 0.6 is 23.2 Å². The SMILES string of the molecule is O=C(O)[C@@H]1CCCCN1C(=O)c1c(Cl)cccc1Cl. The van der Waals surface area contributed by atoms with E-state index < -0.39 is 17.9 Å². The molecule has 1 aliphatic rings. The standard InChI is InChI=1S/C13H13Cl2NO3/c14-8-4-3-5-9(15)11(8)12(17)16-7-2-1-6-10(16)13(18)19/h3-5,10H,1-2,6-7H2,(H,18,19)/t10-/m0/s1. The van der Waals surface area contributed by atoms with E-state index in [2.05, 4.69) is 0 Å². The van der Waals surface area contributed by atoms with Crippen LogP contribution in [0.15, 0.2) is 18.2 Å². The lowest BCUT2D eigenvalue weighted by Gasteiger charge is -2.33. The zero-order valence-corrected chi connectivity index (χ0v) is 11.6. The minimum absolute atomic E-state index is 0.180. The van der Waals surface area contributed by atoms with Crippen LogP contribution in [0.4, 0.5) is 0 Å². The van der Waals surface area contributed by atoms with Gasteiger partial charge in [0.15, 0.2) is 0 Å². The smallest absolute Gasteiger partial charge is 0.326 e. The van der Waals surface area contributed by atoms with Gasteiger partial charge in [-0.15, -0.1) is 0 Å². The van der Waals surface area contributed by atoms with Crippen LogP contribution in [0, 0.1) is 0 Å². The first-order valence-corrected chi connectivity index (χ1v) is 6.75. The second kappa shape index (κ2) is 5.80. The Kier molecular flexibility index (Phi) is 4.32. The summed E-state index contributed by atoms with van der Waals surface area (Å²) >= 11 is 12.0. The van der Waals surface area contributed by atoms with Crippen molar-refractivity contribution in [3.8, 4) is 0 Å². The minimum atomic E-state index is -0.990. The number of piperidine rings is 1. The van der Waals surface area contributed by atoms with Gasteiger partial charge in [0, 0.05) is 6.54 Å². The lowest BCUT2D eigenvalue weighted by atomic mass is 10.0. The Balaban J connectivity index is 2.34. The van der Waals surface area contributed by atoms with Crippen LogP contribution in [0.25, 0.3) is 0 Å². The van der Waals surface area contributed by atoms with E-state index in [4.69, 9.17) is 23.2 Å². The molecule has 4 nitrogen and oxygen atoms in total. The molecule has 0 aliphatic carbocycles. The molecule has 1 N–H and O–H groups in total. The number of carbonyl (C=O) groups is 2. The summed E-state index contributed by atoms with van der Waals surface area (Å²) < 4.78 is 0. The van der Waals surface area contributed by atoms with Gasteiger partial charge in [0.1, 0.15) is 6.04 Å². The van der Waals surface area contributed by atoms with Crippen molar-refractivity contribution in [2.75, 3.05) is 6.54 Å². The van der Waals surface area contributed by atoms with E-state index in [1.165, 1.54) is 4.90 Å². The average Bonchev–Trinajstić information content (AvgIpc) is 2.38. The highest BCUT2D eigenvalue weighted by Crippen LogP contribution is 2.28. The number of hydrogen-bond acceptors (Lipinski definition) is 2. The van der Waals surface area contributed by atoms with Gasteiger partial charge in [-0.1, -0.05) is 29.3 Å². The molecule has 1 saturated heterocycles. The quantitative estimate of drug-likeness (QED) is 0.913. The number of halogens is 2. The van der Waals surface area contributed by atoms with E-state index in [-0.39, 0.29) is 15.6 Å². The van der Waals surface area contributed by atoms with Crippen LogP contribution in [-0.2, 0) is 4.79 Å². The molecule has 1 heterocycles. The summed E-state index contributed by atoms with van der Waals surface area (Å²) in [5, 5.41) is 9.67. The third-order valence-corrected chi connectivity index (χ3v) is 3.86. The van der Waals surface area contributed by atoms with Crippen molar-refractivity contribution in [3.05, 3.63) is 33.8 Å². The molecule has 102 valence electrons. The summed E-state index contributed by atoms with van der Waals surface area (Å²) in [6.07, 6.45) is 2.05. The molecule has 2 rings (SSSR count).